The average Bonchev–Trinajstić information content (AvgIpc) is 3.46. The molecule has 1 amide bonds. The van der Waals surface area contributed by atoms with Crippen molar-refractivity contribution in [2.75, 3.05) is 4.90 Å². The van der Waals surface area contributed by atoms with Crippen molar-refractivity contribution in [3.8, 4) is 0 Å². The highest BCUT2D eigenvalue weighted by Gasteiger charge is 2.48. The van der Waals surface area contributed by atoms with E-state index in [2.05, 4.69) is 15.2 Å². The van der Waals surface area contributed by atoms with E-state index in [9.17, 15) is 14.7 Å². The number of aromatic nitrogens is 3. The lowest BCUT2D eigenvalue weighted by molar-refractivity contribution is -0.132. The van der Waals surface area contributed by atoms with E-state index in [0.29, 0.717) is 26.2 Å². The number of amides is 1. The first-order valence-corrected chi connectivity index (χ1v) is 13.1. The summed E-state index contributed by atoms with van der Waals surface area (Å²) < 4.78 is 0.621. The monoisotopic (exact) mass is 534 g/mol. The molecule has 2 aromatic carbocycles. The normalized spacial score (nSPS) is 17.1. The minimum absolute atomic E-state index is 0.0164. The van der Waals surface area contributed by atoms with Crippen molar-refractivity contribution in [1.29, 1.82) is 0 Å². The van der Waals surface area contributed by atoms with E-state index >= 15 is 0 Å². The molecule has 10 heteroatoms. The van der Waals surface area contributed by atoms with Crippen LogP contribution in [0.2, 0.25) is 5.02 Å². The number of carbonyl (C=O) groups is 2. The number of hydrogen-bond donors (Lipinski definition) is 1. The summed E-state index contributed by atoms with van der Waals surface area (Å²) >= 11 is 8.89. The number of aliphatic hydroxyl groups excluding tert-OH is 1. The topological polar surface area (TPSA) is 96.3 Å². The van der Waals surface area contributed by atoms with Crippen LogP contribution in [0.15, 0.2) is 83.0 Å². The minimum Gasteiger partial charge on any atom is -0.507 e. The smallest absolute Gasteiger partial charge is 0.301 e. The maximum atomic E-state index is 13.2. The van der Waals surface area contributed by atoms with Gasteiger partial charge < -0.3 is 5.11 Å². The van der Waals surface area contributed by atoms with Crippen molar-refractivity contribution in [3.63, 3.8) is 0 Å². The number of benzene rings is 2. The average molecular weight is 535 g/mol. The molecule has 0 aliphatic carbocycles. The van der Waals surface area contributed by atoms with E-state index in [0.717, 1.165) is 11.1 Å². The number of thioether (sulfide) groups is 1. The number of ketones is 1. The van der Waals surface area contributed by atoms with Gasteiger partial charge in [-0.15, -0.1) is 10.2 Å². The van der Waals surface area contributed by atoms with Crippen LogP contribution in [0.1, 0.15) is 28.3 Å². The second-order valence-corrected chi connectivity index (χ2v) is 10.6. The fourth-order valence-electron chi connectivity index (χ4n) is 3.86. The van der Waals surface area contributed by atoms with Crippen LogP contribution in [0.3, 0.4) is 0 Å². The number of Topliss-reactive ketones (excluding diaryl/α,β-unsaturated/α-hetero) is 1. The van der Waals surface area contributed by atoms with Crippen molar-refractivity contribution in [2.45, 2.75) is 23.1 Å². The number of carbonyl (C=O) groups excluding carboxylic acids is 2. The number of halogens is 1. The summed E-state index contributed by atoms with van der Waals surface area (Å²) in [5.41, 5.74) is 2.96. The van der Waals surface area contributed by atoms with E-state index in [1.165, 1.54) is 28.0 Å². The molecule has 1 fully saturated rings. The molecule has 0 bridgehead atoms. The highest BCUT2D eigenvalue weighted by atomic mass is 35.5. The Labute approximate surface area is 220 Å². The summed E-state index contributed by atoms with van der Waals surface area (Å²) in [5, 5.41) is 20.5. The van der Waals surface area contributed by atoms with Gasteiger partial charge in [0.1, 0.15) is 5.76 Å². The molecule has 7 nitrogen and oxygen atoms in total. The Kier molecular flexibility index (Phi) is 6.86. The summed E-state index contributed by atoms with van der Waals surface area (Å²) in [6.07, 6.45) is 3.17. The number of pyridine rings is 1. The minimum atomic E-state index is -0.894. The summed E-state index contributed by atoms with van der Waals surface area (Å²) in [7, 11) is 0. The first kappa shape index (κ1) is 24.2. The number of rotatable bonds is 6. The van der Waals surface area contributed by atoms with Gasteiger partial charge in [0.25, 0.3) is 5.78 Å². The van der Waals surface area contributed by atoms with Gasteiger partial charge in [-0.25, -0.2) is 0 Å². The summed E-state index contributed by atoms with van der Waals surface area (Å²) in [4.78, 5) is 31.9. The molecule has 1 atom stereocenters. The molecule has 1 aliphatic heterocycles. The van der Waals surface area contributed by atoms with Gasteiger partial charge in [-0.05, 0) is 30.2 Å². The summed E-state index contributed by atoms with van der Waals surface area (Å²) in [6, 6.07) is 17.2. The first-order chi connectivity index (χ1) is 17.4. The standard InChI is InChI=1S/C26H19ClN4O3S2/c1-15-8-10-16(11-9-15)22(32)20-21(17-6-4-12-28-13-17)31(24(34)23(20)33)25-29-30-26(36-25)35-14-18-5-2-3-7-19(18)27/h2-13,21,32H,14H2,1H3/t21-/m1/s1. The zero-order valence-corrected chi connectivity index (χ0v) is 21.3. The lowest BCUT2D eigenvalue weighted by atomic mass is 9.96. The maximum Gasteiger partial charge on any atom is 0.301 e. The molecule has 0 spiro atoms. The summed E-state index contributed by atoms with van der Waals surface area (Å²) in [6.45, 7) is 1.93. The van der Waals surface area contributed by atoms with Gasteiger partial charge in [0.15, 0.2) is 4.34 Å². The maximum absolute atomic E-state index is 13.2. The molecule has 0 radical (unpaired) electrons. The third-order valence-electron chi connectivity index (χ3n) is 5.68. The van der Waals surface area contributed by atoms with Gasteiger partial charge >= 0.3 is 5.91 Å². The third-order valence-corrected chi connectivity index (χ3v) is 8.15. The van der Waals surface area contributed by atoms with E-state index in [1.54, 1.807) is 36.7 Å². The Balaban J connectivity index is 1.53. The number of anilines is 1. The van der Waals surface area contributed by atoms with E-state index < -0.39 is 17.7 Å². The Morgan fingerprint density at radius 2 is 1.86 bits per heavy atom. The molecule has 1 N–H and O–H groups in total. The summed E-state index contributed by atoms with van der Waals surface area (Å²) in [5.74, 6) is -1.24. The van der Waals surface area contributed by atoms with Crippen molar-refractivity contribution >= 4 is 57.3 Å². The van der Waals surface area contributed by atoms with E-state index in [4.69, 9.17) is 11.6 Å². The molecule has 180 valence electrons. The molecule has 1 aliphatic rings. The molecule has 0 saturated carbocycles. The first-order valence-electron chi connectivity index (χ1n) is 10.9. The molecule has 5 rings (SSSR count). The van der Waals surface area contributed by atoms with Crippen molar-refractivity contribution in [3.05, 3.63) is 106 Å². The van der Waals surface area contributed by atoms with Crippen LogP contribution in [0.4, 0.5) is 5.13 Å². The number of hydrogen-bond acceptors (Lipinski definition) is 8. The van der Waals surface area contributed by atoms with Crippen LogP contribution < -0.4 is 4.90 Å². The van der Waals surface area contributed by atoms with Gasteiger partial charge in [0, 0.05) is 28.7 Å². The van der Waals surface area contributed by atoms with Crippen LogP contribution >= 0.6 is 34.7 Å². The molecule has 36 heavy (non-hydrogen) atoms. The van der Waals surface area contributed by atoms with Crippen LogP contribution in [-0.4, -0.2) is 32.0 Å². The second-order valence-electron chi connectivity index (χ2n) is 8.05. The third kappa shape index (κ3) is 4.65. The lowest BCUT2D eigenvalue weighted by Crippen LogP contribution is -2.29. The highest BCUT2D eigenvalue weighted by molar-refractivity contribution is 8.00. The predicted molar refractivity (Wildman–Crippen MR) is 141 cm³/mol. The quantitative estimate of drug-likeness (QED) is 0.109. The Morgan fingerprint density at radius 1 is 1.08 bits per heavy atom. The zero-order chi connectivity index (χ0) is 25.2. The van der Waals surface area contributed by atoms with Crippen LogP contribution in [0.25, 0.3) is 5.76 Å². The van der Waals surface area contributed by atoms with Gasteiger partial charge in [0.05, 0.1) is 11.6 Å². The number of aliphatic hydroxyl groups is 1. The Bertz CT molecular complexity index is 1470. The van der Waals surface area contributed by atoms with Crippen molar-refractivity contribution in [1.82, 2.24) is 15.2 Å². The molecule has 0 unspecified atom stereocenters. The van der Waals surface area contributed by atoms with Crippen molar-refractivity contribution < 1.29 is 14.7 Å². The molecule has 2 aromatic heterocycles. The van der Waals surface area contributed by atoms with Gasteiger partial charge in [-0.3, -0.25) is 19.5 Å². The van der Waals surface area contributed by atoms with Crippen LogP contribution in [0, 0.1) is 6.92 Å². The molecule has 3 heterocycles. The molecular weight excluding hydrogens is 516 g/mol. The second kappa shape index (κ2) is 10.2. The van der Waals surface area contributed by atoms with Gasteiger partial charge in [-0.1, -0.05) is 88.8 Å². The van der Waals surface area contributed by atoms with Crippen LogP contribution in [-0.2, 0) is 15.3 Å². The number of aryl methyl sites for hydroxylation is 1. The predicted octanol–water partition coefficient (Wildman–Crippen LogP) is 5.81. The van der Waals surface area contributed by atoms with Crippen molar-refractivity contribution in [2.24, 2.45) is 0 Å². The fourth-order valence-corrected chi connectivity index (χ4v) is 6.02. The molecule has 1 saturated heterocycles. The Hall–Kier alpha value is -3.53. The fraction of sp³-hybridized carbons (Fsp3) is 0.115. The Morgan fingerprint density at radius 3 is 2.58 bits per heavy atom. The SMILES string of the molecule is Cc1ccc(C(O)=C2C(=O)C(=O)N(c3nnc(SCc4ccccc4Cl)s3)[C@@H]2c2cccnc2)cc1. The lowest BCUT2D eigenvalue weighted by Gasteiger charge is -2.22. The van der Waals surface area contributed by atoms with E-state index in [-0.39, 0.29) is 16.5 Å². The number of nitrogens with zero attached hydrogens (tertiary/aromatic N) is 4. The molecular formula is C26H19ClN4O3S2. The van der Waals surface area contributed by atoms with Gasteiger partial charge in [0.2, 0.25) is 5.13 Å². The highest BCUT2D eigenvalue weighted by Crippen LogP contribution is 2.44. The largest absolute Gasteiger partial charge is 0.507 e. The van der Waals surface area contributed by atoms with Crippen LogP contribution in [0.5, 0.6) is 0 Å². The molecule has 4 aromatic rings. The van der Waals surface area contributed by atoms with Gasteiger partial charge in [-0.2, -0.15) is 0 Å². The van der Waals surface area contributed by atoms with E-state index in [1.807, 2.05) is 43.3 Å². The zero-order valence-electron chi connectivity index (χ0n) is 19.0.